The number of nitrogen functional groups attached to an aromatic ring is 1. The molecular weight excluding hydrogens is 256 g/mol. The average molecular weight is 270 g/mol. The quantitative estimate of drug-likeness (QED) is 0.860. The molecule has 0 atom stereocenters. The van der Waals surface area contributed by atoms with Gasteiger partial charge in [-0.3, -0.25) is 0 Å². The summed E-state index contributed by atoms with van der Waals surface area (Å²) in [4.78, 5) is 0. The Balaban J connectivity index is 2.38. The molecule has 0 aliphatic rings. The smallest absolute Gasteiger partial charge is 0.257 e. The van der Waals surface area contributed by atoms with Crippen LogP contribution in [0.3, 0.4) is 0 Å². The van der Waals surface area contributed by atoms with Crippen molar-refractivity contribution in [2.45, 2.75) is 13.8 Å². The van der Waals surface area contributed by atoms with Crippen LogP contribution in [0.25, 0.3) is 0 Å². The van der Waals surface area contributed by atoms with Gasteiger partial charge in [0.15, 0.2) is 0 Å². The molecule has 0 aliphatic carbocycles. The fourth-order valence-corrected chi connectivity index (χ4v) is 1.68. The van der Waals surface area contributed by atoms with Gasteiger partial charge in [0.1, 0.15) is 23.1 Å². The van der Waals surface area contributed by atoms with Crippen molar-refractivity contribution in [1.29, 1.82) is 5.26 Å². The topological polar surface area (TPSA) is 94.0 Å². The monoisotopic (exact) mass is 270 g/mol. The molecule has 0 saturated heterocycles. The first-order valence-corrected chi connectivity index (χ1v) is 5.92. The molecule has 2 N–H and O–H groups in total. The first-order chi connectivity index (χ1) is 9.56. The fraction of sp³-hybridized carbons (Fsp3) is 0.214. The Labute approximate surface area is 116 Å². The van der Waals surface area contributed by atoms with Crippen LogP contribution >= 0.6 is 0 Å². The molecule has 0 saturated carbocycles. The first kappa shape index (κ1) is 13.6. The van der Waals surface area contributed by atoms with Crippen LogP contribution in [-0.4, -0.2) is 17.3 Å². The number of aryl methyl sites for hydroxylation is 1. The maximum atomic E-state index is 9.20. The van der Waals surface area contributed by atoms with E-state index in [0.29, 0.717) is 28.4 Å². The van der Waals surface area contributed by atoms with Crippen molar-refractivity contribution in [2.75, 3.05) is 12.8 Å². The van der Waals surface area contributed by atoms with E-state index in [9.17, 15) is 5.26 Å². The van der Waals surface area contributed by atoms with Crippen molar-refractivity contribution in [2.24, 2.45) is 0 Å². The Kier molecular flexibility index (Phi) is 3.71. The summed E-state index contributed by atoms with van der Waals surface area (Å²) in [6, 6.07) is 7.06. The molecule has 2 rings (SSSR count). The van der Waals surface area contributed by atoms with Crippen LogP contribution < -0.4 is 15.2 Å². The lowest BCUT2D eigenvalue weighted by Gasteiger charge is -2.10. The van der Waals surface area contributed by atoms with Gasteiger partial charge in [-0.05, 0) is 31.5 Å². The second-order valence-corrected chi connectivity index (χ2v) is 4.21. The molecule has 6 heteroatoms. The van der Waals surface area contributed by atoms with Crippen molar-refractivity contribution < 1.29 is 9.47 Å². The molecule has 0 aliphatic heterocycles. The van der Waals surface area contributed by atoms with Crippen LogP contribution in [0.1, 0.15) is 16.8 Å². The molecule has 1 heterocycles. The van der Waals surface area contributed by atoms with E-state index < -0.39 is 0 Å². The lowest BCUT2D eigenvalue weighted by molar-refractivity contribution is 0.414. The number of rotatable bonds is 3. The molecule has 0 fully saturated rings. The summed E-state index contributed by atoms with van der Waals surface area (Å²) in [5, 5.41) is 17.1. The van der Waals surface area contributed by atoms with E-state index in [1.54, 1.807) is 32.0 Å². The largest absolute Gasteiger partial charge is 0.495 e. The molecule has 0 bridgehead atoms. The van der Waals surface area contributed by atoms with E-state index in [0.717, 1.165) is 5.56 Å². The highest BCUT2D eigenvalue weighted by molar-refractivity contribution is 5.57. The molecule has 0 unspecified atom stereocenters. The highest BCUT2D eigenvalue weighted by Crippen LogP contribution is 2.30. The lowest BCUT2D eigenvalue weighted by Crippen LogP contribution is -2.01. The van der Waals surface area contributed by atoms with Gasteiger partial charge < -0.3 is 15.2 Å². The fourth-order valence-electron chi connectivity index (χ4n) is 1.68. The molecule has 0 radical (unpaired) electrons. The molecule has 0 amide bonds. The zero-order valence-electron chi connectivity index (χ0n) is 11.5. The van der Waals surface area contributed by atoms with Gasteiger partial charge in [0.2, 0.25) is 0 Å². The normalized spacial score (nSPS) is 9.90. The average Bonchev–Trinajstić information content (AvgIpc) is 2.43. The highest BCUT2D eigenvalue weighted by Gasteiger charge is 2.13. The molecule has 6 nitrogen and oxygen atoms in total. The maximum absolute atomic E-state index is 9.20. The number of benzene rings is 1. The van der Waals surface area contributed by atoms with Crippen molar-refractivity contribution in [3.8, 4) is 23.4 Å². The third-order valence-corrected chi connectivity index (χ3v) is 2.95. The third-order valence-electron chi connectivity index (χ3n) is 2.95. The molecule has 0 spiro atoms. The minimum absolute atomic E-state index is 0.167. The van der Waals surface area contributed by atoms with E-state index in [2.05, 4.69) is 16.3 Å². The molecule has 102 valence electrons. The second kappa shape index (κ2) is 5.45. The van der Waals surface area contributed by atoms with Crippen molar-refractivity contribution in [3.63, 3.8) is 0 Å². The summed E-state index contributed by atoms with van der Waals surface area (Å²) < 4.78 is 10.7. The standard InChI is InChI=1S/C14H14N4O2/c1-8-9(2)17-18-14(11(8)7-15)20-10-4-5-13(19-3)12(16)6-10/h4-6H,16H2,1-3H3. The predicted molar refractivity (Wildman–Crippen MR) is 73.7 cm³/mol. The Hall–Kier alpha value is -2.81. The summed E-state index contributed by atoms with van der Waals surface area (Å²) >= 11 is 0. The second-order valence-electron chi connectivity index (χ2n) is 4.21. The Bertz CT molecular complexity index is 692. The van der Waals surface area contributed by atoms with Gasteiger partial charge in [-0.15, -0.1) is 5.10 Å². The van der Waals surface area contributed by atoms with Gasteiger partial charge in [0, 0.05) is 6.07 Å². The molecule has 2 aromatic rings. The van der Waals surface area contributed by atoms with Crippen LogP contribution in [0.5, 0.6) is 17.4 Å². The minimum atomic E-state index is 0.167. The highest BCUT2D eigenvalue weighted by atomic mass is 16.5. The van der Waals surface area contributed by atoms with Gasteiger partial charge in [0.25, 0.3) is 5.88 Å². The van der Waals surface area contributed by atoms with Crippen molar-refractivity contribution >= 4 is 5.69 Å². The number of nitrogens with zero attached hydrogens (tertiary/aromatic N) is 3. The van der Waals surface area contributed by atoms with Crippen LogP contribution in [-0.2, 0) is 0 Å². The number of hydrogen-bond acceptors (Lipinski definition) is 6. The van der Waals surface area contributed by atoms with Gasteiger partial charge in [-0.25, -0.2) is 0 Å². The van der Waals surface area contributed by atoms with Gasteiger partial charge in [-0.1, -0.05) is 0 Å². The number of methoxy groups -OCH3 is 1. The van der Waals surface area contributed by atoms with Gasteiger partial charge in [0.05, 0.1) is 18.5 Å². The van der Waals surface area contributed by atoms with Crippen LogP contribution in [0, 0.1) is 25.2 Å². The molecular formula is C14H14N4O2. The maximum Gasteiger partial charge on any atom is 0.257 e. The summed E-state index contributed by atoms with van der Waals surface area (Å²) in [5.74, 6) is 1.20. The van der Waals surface area contributed by atoms with Crippen LogP contribution in [0.2, 0.25) is 0 Å². The number of hydrogen-bond donors (Lipinski definition) is 1. The van der Waals surface area contributed by atoms with Gasteiger partial charge in [-0.2, -0.15) is 10.4 Å². The number of nitrogens with two attached hydrogens (primary N) is 1. The SMILES string of the molecule is COc1ccc(Oc2nnc(C)c(C)c2C#N)cc1N. The predicted octanol–water partition coefficient (Wildman–Crippen LogP) is 2.35. The Morgan fingerprint density at radius 1 is 1.25 bits per heavy atom. The lowest BCUT2D eigenvalue weighted by atomic mass is 10.1. The summed E-state index contributed by atoms with van der Waals surface area (Å²) in [6.07, 6.45) is 0. The molecule has 20 heavy (non-hydrogen) atoms. The van der Waals surface area contributed by atoms with E-state index in [1.165, 1.54) is 7.11 Å². The van der Waals surface area contributed by atoms with Gasteiger partial charge >= 0.3 is 0 Å². The minimum Gasteiger partial charge on any atom is -0.495 e. The van der Waals surface area contributed by atoms with E-state index >= 15 is 0 Å². The van der Waals surface area contributed by atoms with Crippen molar-refractivity contribution in [3.05, 3.63) is 35.0 Å². The summed E-state index contributed by atoms with van der Waals surface area (Å²) in [7, 11) is 1.54. The number of nitriles is 1. The first-order valence-electron chi connectivity index (χ1n) is 5.92. The Morgan fingerprint density at radius 3 is 2.60 bits per heavy atom. The van der Waals surface area contributed by atoms with E-state index in [-0.39, 0.29) is 5.88 Å². The van der Waals surface area contributed by atoms with E-state index in [1.807, 2.05) is 0 Å². The number of aromatic nitrogens is 2. The van der Waals surface area contributed by atoms with Crippen molar-refractivity contribution in [1.82, 2.24) is 10.2 Å². The third kappa shape index (κ3) is 2.47. The number of anilines is 1. The zero-order chi connectivity index (χ0) is 14.7. The Morgan fingerprint density at radius 2 is 2.00 bits per heavy atom. The summed E-state index contributed by atoms with van der Waals surface area (Å²) in [5.41, 5.74) is 8.06. The molecule has 1 aromatic carbocycles. The number of ether oxygens (including phenoxy) is 2. The van der Waals surface area contributed by atoms with E-state index in [4.69, 9.17) is 15.2 Å². The summed E-state index contributed by atoms with van der Waals surface area (Å²) in [6.45, 7) is 3.59. The van der Waals surface area contributed by atoms with Crippen LogP contribution in [0.15, 0.2) is 18.2 Å². The zero-order valence-corrected chi connectivity index (χ0v) is 11.5. The van der Waals surface area contributed by atoms with Crippen LogP contribution in [0.4, 0.5) is 5.69 Å². The molecule has 1 aromatic heterocycles.